The van der Waals surface area contributed by atoms with Crippen LogP contribution in [0.15, 0.2) is 12.4 Å². The molecule has 0 spiro atoms. The number of H-pyrrole nitrogens is 1. The Morgan fingerprint density at radius 2 is 2.17 bits per heavy atom. The largest absolute Gasteiger partial charge is 0.254 e. The summed E-state index contributed by atoms with van der Waals surface area (Å²) >= 11 is 0. The second-order valence-electron chi connectivity index (χ2n) is 3.20. The van der Waals surface area contributed by atoms with Crippen molar-refractivity contribution in [1.82, 2.24) is 4.98 Å². The molecule has 1 aromatic rings. The minimum atomic E-state index is 1.16. The second-order valence-corrected chi connectivity index (χ2v) is 3.20. The van der Waals surface area contributed by atoms with E-state index in [1.54, 1.807) is 0 Å². The van der Waals surface area contributed by atoms with Gasteiger partial charge in [-0.3, -0.25) is 0 Å². The van der Waals surface area contributed by atoms with E-state index in [-0.39, 0.29) is 0 Å². The number of hydrogen-bond donors (Lipinski definition) is 1. The maximum absolute atomic E-state index is 3.28. The van der Waals surface area contributed by atoms with Gasteiger partial charge < -0.3 is 0 Å². The molecule has 0 unspecified atom stereocenters. The van der Waals surface area contributed by atoms with Crippen molar-refractivity contribution in [2.45, 2.75) is 46.1 Å². The third-order valence-electron chi connectivity index (χ3n) is 2.09. The molecule has 12 heavy (non-hydrogen) atoms. The van der Waals surface area contributed by atoms with Gasteiger partial charge in [0.05, 0.1) is 6.54 Å². The van der Waals surface area contributed by atoms with Gasteiger partial charge in [-0.05, 0) is 12.8 Å². The lowest BCUT2D eigenvalue weighted by molar-refractivity contribution is -0.703. The van der Waals surface area contributed by atoms with Gasteiger partial charge in [-0.15, -0.1) is 0 Å². The molecular weight excluding hydrogens is 148 g/mol. The molecule has 1 heterocycles. The van der Waals surface area contributed by atoms with Crippen LogP contribution in [0.3, 0.4) is 0 Å². The van der Waals surface area contributed by atoms with Crippen molar-refractivity contribution >= 4 is 0 Å². The Bertz CT molecular complexity index is 215. The minimum absolute atomic E-state index is 1.16. The first kappa shape index (κ1) is 9.30. The number of nitrogens with zero attached hydrogens (tertiary/aromatic N) is 1. The van der Waals surface area contributed by atoms with Crippen LogP contribution >= 0.6 is 0 Å². The van der Waals surface area contributed by atoms with Crippen LogP contribution in [0.25, 0.3) is 0 Å². The summed E-state index contributed by atoms with van der Waals surface area (Å²) in [4.78, 5) is 3.28. The van der Waals surface area contributed by atoms with E-state index in [4.69, 9.17) is 0 Å². The third-order valence-corrected chi connectivity index (χ3v) is 2.09. The molecule has 0 bridgehead atoms. The van der Waals surface area contributed by atoms with Crippen molar-refractivity contribution in [2.24, 2.45) is 0 Å². The fraction of sp³-hybridized carbons (Fsp3) is 0.700. The molecule has 2 heteroatoms. The molecule has 0 fully saturated rings. The van der Waals surface area contributed by atoms with Gasteiger partial charge in [0.25, 0.3) is 5.82 Å². The first-order chi connectivity index (χ1) is 5.88. The van der Waals surface area contributed by atoms with Crippen LogP contribution < -0.4 is 4.57 Å². The molecule has 1 N–H and O–H groups in total. The van der Waals surface area contributed by atoms with E-state index in [9.17, 15) is 0 Å². The van der Waals surface area contributed by atoms with E-state index >= 15 is 0 Å². The number of aryl methyl sites for hydroxylation is 2. The zero-order valence-electron chi connectivity index (χ0n) is 8.14. The SMILES string of the molecule is CCCC[n+]1cc[nH]c1CCC. The highest BCUT2D eigenvalue weighted by atomic mass is 15.1. The molecule has 1 aromatic heterocycles. The van der Waals surface area contributed by atoms with Crippen LogP contribution in [0, 0.1) is 0 Å². The second kappa shape index (κ2) is 4.96. The fourth-order valence-electron chi connectivity index (χ4n) is 1.39. The number of rotatable bonds is 5. The Kier molecular flexibility index (Phi) is 3.85. The van der Waals surface area contributed by atoms with Crippen LogP contribution in [-0.2, 0) is 13.0 Å². The highest BCUT2D eigenvalue weighted by Gasteiger charge is 2.07. The number of aromatic amines is 1. The molecule has 0 aliphatic carbocycles. The first-order valence-electron chi connectivity index (χ1n) is 4.94. The normalized spacial score (nSPS) is 10.5. The van der Waals surface area contributed by atoms with Crippen molar-refractivity contribution in [3.63, 3.8) is 0 Å². The van der Waals surface area contributed by atoms with Gasteiger partial charge in [0.1, 0.15) is 12.4 Å². The summed E-state index contributed by atoms with van der Waals surface area (Å²) in [5.41, 5.74) is 0. The van der Waals surface area contributed by atoms with E-state index < -0.39 is 0 Å². The number of unbranched alkanes of at least 4 members (excludes halogenated alkanes) is 1. The van der Waals surface area contributed by atoms with E-state index in [1.807, 2.05) is 6.20 Å². The lowest BCUT2D eigenvalue weighted by Gasteiger charge is -1.97. The third kappa shape index (κ3) is 2.36. The van der Waals surface area contributed by atoms with Crippen molar-refractivity contribution in [1.29, 1.82) is 0 Å². The maximum Gasteiger partial charge on any atom is 0.254 e. The van der Waals surface area contributed by atoms with Gasteiger partial charge in [0, 0.05) is 6.42 Å². The molecule has 0 saturated carbocycles. The van der Waals surface area contributed by atoms with E-state index in [0.717, 1.165) is 13.0 Å². The van der Waals surface area contributed by atoms with Gasteiger partial charge in [-0.1, -0.05) is 20.3 Å². The van der Waals surface area contributed by atoms with Crippen LogP contribution in [0.2, 0.25) is 0 Å². The van der Waals surface area contributed by atoms with Gasteiger partial charge in [-0.25, -0.2) is 9.55 Å². The Hall–Kier alpha value is -0.790. The summed E-state index contributed by atoms with van der Waals surface area (Å²) in [6, 6.07) is 0. The minimum Gasteiger partial charge on any atom is -0.248 e. The summed E-state index contributed by atoms with van der Waals surface area (Å²) in [5.74, 6) is 1.37. The number of hydrogen-bond acceptors (Lipinski definition) is 0. The number of aromatic nitrogens is 2. The Labute approximate surface area is 74.6 Å². The summed E-state index contributed by atoms with van der Waals surface area (Å²) in [6.45, 7) is 5.60. The summed E-state index contributed by atoms with van der Waals surface area (Å²) in [5, 5.41) is 0. The summed E-state index contributed by atoms with van der Waals surface area (Å²) in [7, 11) is 0. The molecule has 2 nitrogen and oxygen atoms in total. The molecule has 0 atom stereocenters. The lowest BCUT2D eigenvalue weighted by atomic mass is 10.3. The average Bonchev–Trinajstić information content (AvgIpc) is 2.50. The molecule has 0 amide bonds. The van der Waals surface area contributed by atoms with Crippen molar-refractivity contribution in [3.05, 3.63) is 18.2 Å². The highest BCUT2D eigenvalue weighted by molar-refractivity contribution is 4.76. The first-order valence-corrected chi connectivity index (χ1v) is 4.94. The lowest BCUT2D eigenvalue weighted by Crippen LogP contribution is -2.35. The van der Waals surface area contributed by atoms with Gasteiger partial charge >= 0.3 is 0 Å². The Morgan fingerprint density at radius 1 is 1.33 bits per heavy atom. The maximum atomic E-state index is 3.28. The van der Waals surface area contributed by atoms with Gasteiger partial charge in [-0.2, -0.15) is 0 Å². The molecule has 0 aromatic carbocycles. The zero-order valence-corrected chi connectivity index (χ0v) is 8.14. The standard InChI is InChI=1S/C10H18N2/c1-3-5-8-12-9-7-11-10(12)6-4-2/h7,9H,3-6,8H2,1-2H3/p+1. The molecule has 1 rings (SSSR count). The van der Waals surface area contributed by atoms with E-state index in [0.29, 0.717) is 0 Å². The molecular formula is C10H19N2+. The zero-order chi connectivity index (χ0) is 8.81. The van der Waals surface area contributed by atoms with E-state index in [1.165, 1.54) is 25.1 Å². The van der Waals surface area contributed by atoms with E-state index in [2.05, 4.69) is 29.6 Å². The highest BCUT2D eigenvalue weighted by Crippen LogP contribution is 1.94. The fourth-order valence-corrected chi connectivity index (χ4v) is 1.39. The van der Waals surface area contributed by atoms with Crippen molar-refractivity contribution < 1.29 is 4.57 Å². The topological polar surface area (TPSA) is 19.7 Å². The van der Waals surface area contributed by atoms with Crippen LogP contribution in [-0.4, -0.2) is 4.98 Å². The van der Waals surface area contributed by atoms with Gasteiger partial charge in [0.15, 0.2) is 0 Å². The predicted octanol–water partition coefficient (Wildman–Crippen LogP) is 2.05. The molecule has 0 radical (unpaired) electrons. The van der Waals surface area contributed by atoms with Gasteiger partial charge in [0.2, 0.25) is 0 Å². The van der Waals surface area contributed by atoms with Crippen LogP contribution in [0.1, 0.15) is 38.9 Å². The molecule has 0 saturated heterocycles. The van der Waals surface area contributed by atoms with Crippen LogP contribution in [0.4, 0.5) is 0 Å². The smallest absolute Gasteiger partial charge is 0.248 e. The average molecular weight is 167 g/mol. The quantitative estimate of drug-likeness (QED) is 0.648. The molecule has 0 aliphatic rings. The molecule has 68 valence electrons. The summed E-state index contributed by atoms with van der Waals surface area (Å²) in [6.07, 6.45) is 9.09. The van der Waals surface area contributed by atoms with Crippen molar-refractivity contribution in [2.75, 3.05) is 0 Å². The monoisotopic (exact) mass is 167 g/mol. The molecule has 0 aliphatic heterocycles. The number of nitrogens with one attached hydrogen (secondary N) is 1. The number of imidazole rings is 1. The Balaban J connectivity index is 2.51. The summed E-state index contributed by atoms with van der Waals surface area (Å²) < 4.78 is 2.33. The van der Waals surface area contributed by atoms with Crippen LogP contribution in [0.5, 0.6) is 0 Å². The predicted molar refractivity (Wildman–Crippen MR) is 49.9 cm³/mol. The Morgan fingerprint density at radius 3 is 2.83 bits per heavy atom. The van der Waals surface area contributed by atoms with Crippen molar-refractivity contribution in [3.8, 4) is 0 Å².